The van der Waals surface area contributed by atoms with Gasteiger partial charge in [0.05, 0.1) is 27.6 Å². The van der Waals surface area contributed by atoms with Crippen molar-refractivity contribution >= 4 is 38.7 Å². The van der Waals surface area contributed by atoms with Gasteiger partial charge in [-0.1, -0.05) is 66.7 Å². The van der Waals surface area contributed by atoms with Crippen molar-refractivity contribution in [3.8, 4) is 17.1 Å². The first kappa shape index (κ1) is 17.2. The maximum Gasteiger partial charge on any atom is 0.237 e. The highest BCUT2D eigenvalue weighted by molar-refractivity contribution is 5.94. The van der Waals surface area contributed by atoms with E-state index in [1.165, 1.54) is 5.56 Å². The molecule has 0 unspecified atom stereocenters. The van der Waals surface area contributed by atoms with Gasteiger partial charge in [0.2, 0.25) is 11.7 Å². The van der Waals surface area contributed by atoms with Crippen LogP contribution in [0.5, 0.6) is 0 Å². The van der Waals surface area contributed by atoms with E-state index in [1.54, 1.807) is 0 Å². The Hall–Kier alpha value is -4.51. The van der Waals surface area contributed by atoms with Crippen molar-refractivity contribution in [2.24, 2.45) is 0 Å². The zero-order valence-electron chi connectivity index (χ0n) is 17.1. The molecule has 0 amide bonds. The Kier molecular flexibility index (Phi) is 3.49. The van der Waals surface area contributed by atoms with E-state index in [9.17, 15) is 0 Å². The minimum atomic E-state index is 0.617. The van der Waals surface area contributed by atoms with Crippen molar-refractivity contribution in [3.63, 3.8) is 0 Å². The summed E-state index contributed by atoms with van der Waals surface area (Å²) in [6.07, 6.45) is 1.88. The summed E-state index contributed by atoms with van der Waals surface area (Å²) in [6.45, 7) is 0. The van der Waals surface area contributed by atoms with Crippen LogP contribution in [0, 0.1) is 0 Å². The Morgan fingerprint density at radius 3 is 2.25 bits per heavy atom. The first-order chi connectivity index (χ1) is 15.9. The normalized spacial score (nSPS) is 11.8. The fourth-order valence-corrected chi connectivity index (χ4v) is 4.48. The monoisotopic (exact) mass is 411 g/mol. The molecule has 7 aromatic rings. The molecule has 32 heavy (non-hydrogen) atoms. The van der Waals surface area contributed by atoms with E-state index in [1.807, 2.05) is 54.7 Å². The van der Waals surface area contributed by atoms with Crippen LogP contribution in [0.2, 0.25) is 0 Å². The average molecular weight is 411 g/mol. The van der Waals surface area contributed by atoms with E-state index in [0.29, 0.717) is 5.95 Å². The van der Waals surface area contributed by atoms with Gasteiger partial charge in [0.25, 0.3) is 0 Å². The van der Waals surface area contributed by atoms with E-state index in [-0.39, 0.29) is 0 Å². The molecule has 7 rings (SSSR count). The molecule has 5 nitrogen and oxygen atoms in total. The Morgan fingerprint density at radius 1 is 0.562 bits per heavy atom. The Morgan fingerprint density at radius 2 is 1.34 bits per heavy atom. The second-order valence-corrected chi connectivity index (χ2v) is 7.87. The van der Waals surface area contributed by atoms with Crippen LogP contribution in [0.15, 0.2) is 103 Å². The number of fused-ring (bicyclic) bond motifs is 6. The Labute approximate surface area is 183 Å². The van der Waals surface area contributed by atoms with Gasteiger partial charge >= 0.3 is 0 Å². The third kappa shape index (κ3) is 2.42. The summed E-state index contributed by atoms with van der Waals surface area (Å²) < 4.78 is 4.26. The Bertz CT molecular complexity index is 1780. The largest absolute Gasteiger partial charge is 0.276 e. The lowest BCUT2D eigenvalue weighted by Crippen LogP contribution is -2.01. The predicted octanol–water partition coefficient (Wildman–Crippen LogP) is 6.04. The molecule has 0 aliphatic carbocycles. The molecule has 3 heterocycles. The molecule has 0 saturated heterocycles. The second kappa shape index (κ2) is 6.49. The molecule has 0 saturated carbocycles. The number of para-hydroxylation sites is 3. The summed E-state index contributed by atoms with van der Waals surface area (Å²) in [5.41, 5.74) is 7.37. The van der Waals surface area contributed by atoms with Crippen LogP contribution in [0.1, 0.15) is 0 Å². The van der Waals surface area contributed by atoms with Gasteiger partial charge < -0.3 is 0 Å². The van der Waals surface area contributed by atoms with Gasteiger partial charge in [-0.2, -0.15) is 0 Å². The summed E-state index contributed by atoms with van der Waals surface area (Å²) in [6, 6.07) is 33.2. The molecular formula is C27H17N5. The molecule has 0 bridgehead atoms. The summed E-state index contributed by atoms with van der Waals surface area (Å²) in [5.74, 6) is 1.42. The number of benzene rings is 4. The lowest BCUT2D eigenvalue weighted by atomic mass is 10.1. The first-order valence-corrected chi connectivity index (χ1v) is 10.6. The average Bonchev–Trinajstić information content (AvgIpc) is 3.38. The molecule has 0 aliphatic rings. The molecule has 0 fully saturated rings. The standard InChI is InChI=1S/C27H17N5/c1-2-8-18(9-3-1)19-14-15-24-25(16-19)31-23-13-7-6-12-22(23)30-27(31)32(24)26-28-17-20-10-4-5-11-21(20)29-26/h1-17H. The Balaban J connectivity index is 1.60. The van der Waals surface area contributed by atoms with Gasteiger partial charge in [-0.15, -0.1) is 0 Å². The number of imidazole rings is 2. The highest BCUT2D eigenvalue weighted by Crippen LogP contribution is 2.31. The molecule has 0 aliphatic heterocycles. The number of nitrogens with zero attached hydrogens (tertiary/aromatic N) is 5. The SMILES string of the molecule is c1ccc(-c2ccc3c(c2)n2c4ccccc4nc2n3-c2ncc3ccccc3n2)cc1. The van der Waals surface area contributed by atoms with E-state index in [0.717, 1.165) is 44.3 Å². The number of rotatable bonds is 2. The number of aromatic nitrogens is 5. The highest BCUT2D eigenvalue weighted by atomic mass is 15.3. The maximum atomic E-state index is 4.96. The number of hydrogen-bond donors (Lipinski definition) is 0. The smallest absolute Gasteiger partial charge is 0.237 e. The van der Waals surface area contributed by atoms with Crippen molar-refractivity contribution in [1.82, 2.24) is 23.9 Å². The van der Waals surface area contributed by atoms with Gasteiger partial charge in [-0.05, 0) is 41.5 Å². The molecule has 0 atom stereocenters. The van der Waals surface area contributed by atoms with Crippen LogP contribution in [0.25, 0.3) is 55.8 Å². The van der Waals surface area contributed by atoms with Gasteiger partial charge in [-0.3, -0.25) is 4.40 Å². The predicted molar refractivity (Wildman–Crippen MR) is 128 cm³/mol. The summed E-state index contributed by atoms with van der Waals surface area (Å²) in [7, 11) is 0. The van der Waals surface area contributed by atoms with Gasteiger partial charge in [0, 0.05) is 11.6 Å². The van der Waals surface area contributed by atoms with Crippen molar-refractivity contribution in [3.05, 3.63) is 103 Å². The molecule has 0 N–H and O–H groups in total. The second-order valence-electron chi connectivity index (χ2n) is 7.87. The van der Waals surface area contributed by atoms with Crippen LogP contribution >= 0.6 is 0 Å². The third-order valence-electron chi connectivity index (χ3n) is 5.98. The van der Waals surface area contributed by atoms with E-state index < -0.39 is 0 Å². The molecule has 3 aromatic heterocycles. The highest BCUT2D eigenvalue weighted by Gasteiger charge is 2.19. The lowest BCUT2D eigenvalue weighted by Gasteiger charge is -2.06. The number of hydrogen-bond acceptors (Lipinski definition) is 3. The quantitative estimate of drug-likeness (QED) is 0.348. The van der Waals surface area contributed by atoms with Crippen LogP contribution in [-0.2, 0) is 0 Å². The summed E-state index contributed by atoms with van der Waals surface area (Å²) in [4.78, 5) is 14.5. The van der Waals surface area contributed by atoms with Crippen LogP contribution in [-0.4, -0.2) is 23.9 Å². The molecule has 4 aromatic carbocycles. The molecule has 0 radical (unpaired) electrons. The van der Waals surface area contributed by atoms with Crippen molar-refractivity contribution in [2.45, 2.75) is 0 Å². The van der Waals surface area contributed by atoms with Crippen molar-refractivity contribution < 1.29 is 0 Å². The minimum Gasteiger partial charge on any atom is -0.276 e. The van der Waals surface area contributed by atoms with Crippen LogP contribution < -0.4 is 0 Å². The van der Waals surface area contributed by atoms with E-state index in [4.69, 9.17) is 15.0 Å². The van der Waals surface area contributed by atoms with Gasteiger partial charge in [-0.25, -0.2) is 19.5 Å². The summed E-state index contributed by atoms with van der Waals surface area (Å²) in [5, 5.41) is 1.02. The maximum absolute atomic E-state index is 4.96. The lowest BCUT2D eigenvalue weighted by molar-refractivity contribution is 0.984. The third-order valence-corrected chi connectivity index (χ3v) is 5.98. The molecular weight excluding hydrogens is 394 g/mol. The van der Waals surface area contributed by atoms with Gasteiger partial charge in [0.15, 0.2) is 0 Å². The van der Waals surface area contributed by atoms with Crippen molar-refractivity contribution in [1.29, 1.82) is 0 Å². The first-order valence-electron chi connectivity index (χ1n) is 10.6. The zero-order chi connectivity index (χ0) is 21.1. The topological polar surface area (TPSA) is 48.0 Å². The van der Waals surface area contributed by atoms with Crippen molar-refractivity contribution in [2.75, 3.05) is 0 Å². The van der Waals surface area contributed by atoms with Crippen LogP contribution in [0.4, 0.5) is 0 Å². The van der Waals surface area contributed by atoms with Gasteiger partial charge in [0.1, 0.15) is 0 Å². The molecule has 150 valence electrons. The fourth-order valence-electron chi connectivity index (χ4n) is 4.48. The molecule has 5 heteroatoms. The van der Waals surface area contributed by atoms with Crippen LogP contribution in [0.3, 0.4) is 0 Å². The summed E-state index contributed by atoms with van der Waals surface area (Å²) >= 11 is 0. The fraction of sp³-hybridized carbons (Fsp3) is 0. The van der Waals surface area contributed by atoms with E-state index >= 15 is 0 Å². The molecule has 0 spiro atoms. The minimum absolute atomic E-state index is 0.617. The van der Waals surface area contributed by atoms with E-state index in [2.05, 4.69) is 57.5 Å². The zero-order valence-corrected chi connectivity index (χ0v) is 17.1.